The normalized spacial score (nSPS) is 10.7. The van der Waals surface area contributed by atoms with Crippen molar-refractivity contribution < 1.29 is 23.1 Å². The van der Waals surface area contributed by atoms with Crippen LogP contribution in [0.5, 0.6) is 0 Å². The summed E-state index contributed by atoms with van der Waals surface area (Å²) in [7, 11) is 0. The number of aryl methyl sites for hydroxylation is 1. The van der Waals surface area contributed by atoms with Gasteiger partial charge in [-0.25, -0.2) is 18.6 Å². The molecular weight excluding hydrogens is 350 g/mol. The molecule has 1 heterocycles. The molecule has 128 valence electrons. The average molecular weight is 362 g/mol. The number of halogens is 2. The first kappa shape index (κ1) is 17.0. The van der Waals surface area contributed by atoms with Crippen molar-refractivity contribution in [2.75, 3.05) is 11.9 Å². The van der Waals surface area contributed by atoms with Gasteiger partial charge in [-0.15, -0.1) is 0 Å². The van der Waals surface area contributed by atoms with Crippen LogP contribution in [-0.2, 0) is 9.53 Å². The molecule has 8 heteroatoms. The lowest BCUT2D eigenvalue weighted by molar-refractivity contribution is -0.119. The number of nitrogens with zero attached hydrogens (tertiary/aromatic N) is 1. The smallest absolute Gasteiger partial charge is 0.341 e. The number of carbonyl (C=O) groups is 2. The van der Waals surface area contributed by atoms with Crippen molar-refractivity contribution in [2.45, 2.75) is 6.92 Å². The van der Waals surface area contributed by atoms with Crippen LogP contribution in [0, 0.1) is 18.6 Å². The van der Waals surface area contributed by atoms with E-state index in [2.05, 4.69) is 10.3 Å². The quantitative estimate of drug-likeness (QED) is 0.719. The number of benzene rings is 2. The van der Waals surface area contributed by atoms with Gasteiger partial charge in [-0.05, 0) is 36.8 Å². The van der Waals surface area contributed by atoms with E-state index in [1.165, 1.54) is 11.3 Å². The SMILES string of the molecule is Cc1ccc2nc(NC(=O)COC(=O)c3ccc(F)cc3F)sc2c1. The van der Waals surface area contributed by atoms with Crippen LogP contribution in [-0.4, -0.2) is 23.5 Å². The predicted molar refractivity (Wildman–Crippen MR) is 89.6 cm³/mol. The number of esters is 1. The summed E-state index contributed by atoms with van der Waals surface area (Å²) in [5, 5.41) is 2.89. The van der Waals surface area contributed by atoms with E-state index in [-0.39, 0.29) is 0 Å². The van der Waals surface area contributed by atoms with Crippen molar-refractivity contribution in [1.29, 1.82) is 0 Å². The Kier molecular flexibility index (Phi) is 4.71. The molecular formula is C17H12F2N2O3S. The molecule has 5 nitrogen and oxygen atoms in total. The number of hydrogen-bond acceptors (Lipinski definition) is 5. The Morgan fingerprint density at radius 1 is 1.20 bits per heavy atom. The molecule has 0 atom stereocenters. The van der Waals surface area contributed by atoms with Crippen LogP contribution in [0.1, 0.15) is 15.9 Å². The summed E-state index contributed by atoms with van der Waals surface area (Å²) in [5.41, 5.74) is 1.38. The highest BCUT2D eigenvalue weighted by Gasteiger charge is 2.16. The Morgan fingerprint density at radius 3 is 2.76 bits per heavy atom. The molecule has 1 aromatic heterocycles. The van der Waals surface area contributed by atoms with Crippen molar-refractivity contribution in [2.24, 2.45) is 0 Å². The molecule has 3 aromatic rings. The Morgan fingerprint density at radius 2 is 2.00 bits per heavy atom. The minimum atomic E-state index is -1.05. The average Bonchev–Trinajstić information content (AvgIpc) is 2.93. The molecule has 0 aliphatic carbocycles. The summed E-state index contributed by atoms with van der Waals surface area (Å²) in [5.74, 6) is -3.51. The number of thiazole rings is 1. The summed E-state index contributed by atoms with van der Waals surface area (Å²) in [6, 6.07) is 8.16. The topological polar surface area (TPSA) is 68.3 Å². The molecule has 3 rings (SSSR count). The summed E-state index contributed by atoms with van der Waals surface area (Å²) < 4.78 is 31.9. The molecule has 1 amide bonds. The van der Waals surface area contributed by atoms with Crippen molar-refractivity contribution in [1.82, 2.24) is 4.98 Å². The van der Waals surface area contributed by atoms with Gasteiger partial charge < -0.3 is 4.74 Å². The third-order valence-electron chi connectivity index (χ3n) is 3.28. The van der Waals surface area contributed by atoms with Crippen LogP contribution < -0.4 is 5.32 Å². The van der Waals surface area contributed by atoms with Crippen molar-refractivity contribution in [3.05, 3.63) is 59.2 Å². The van der Waals surface area contributed by atoms with Gasteiger partial charge in [0.25, 0.3) is 5.91 Å². The third kappa shape index (κ3) is 3.97. The van der Waals surface area contributed by atoms with Crippen LogP contribution >= 0.6 is 11.3 Å². The number of fused-ring (bicyclic) bond motifs is 1. The molecule has 0 unspecified atom stereocenters. The van der Waals surface area contributed by atoms with Crippen LogP contribution in [0.25, 0.3) is 10.2 Å². The van der Waals surface area contributed by atoms with Crippen LogP contribution in [0.2, 0.25) is 0 Å². The monoisotopic (exact) mass is 362 g/mol. The van der Waals surface area contributed by atoms with E-state index in [1.54, 1.807) is 0 Å². The molecule has 25 heavy (non-hydrogen) atoms. The molecule has 0 aliphatic heterocycles. The van der Waals surface area contributed by atoms with Gasteiger partial charge in [0.05, 0.1) is 15.8 Å². The second kappa shape index (κ2) is 6.94. The largest absolute Gasteiger partial charge is 0.452 e. The fourth-order valence-corrected chi connectivity index (χ4v) is 3.08. The Labute approximate surface area is 145 Å². The highest BCUT2D eigenvalue weighted by atomic mass is 32.1. The first-order valence-corrected chi connectivity index (χ1v) is 8.03. The van der Waals surface area contributed by atoms with E-state index in [0.717, 1.165) is 27.9 Å². The van der Waals surface area contributed by atoms with Gasteiger partial charge in [-0.1, -0.05) is 17.4 Å². The minimum absolute atomic E-state index is 0.370. The van der Waals surface area contributed by atoms with Crippen molar-refractivity contribution in [3.63, 3.8) is 0 Å². The highest BCUT2D eigenvalue weighted by Crippen LogP contribution is 2.26. The predicted octanol–water partition coefficient (Wildman–Crippen LogP) is 3.68. The molecule has 0 saturated heterocycles. The maximum atomic E-state index is 13.5. The Bertz CT molecular complexity index is 972. The van der Waals surface area contributed by atoms with Gasteiger partial charge in [-0.3, -0.25) is 10.1 Å². The van der Waals surface area contributed by atoms with Gasteiger partial charge in [0.15, 0.2) is 11.7 Å². The number of amides is 1. The minimum Gasteiger partial charge on any atom is -0.452 e. The molecule has 0 radical (unpaired) electrons. The lowest BCUT2D eigenvalue weighted by Gasteiger charge is -2.05. The van der Waals surface area contributed by atoms with Gasteiger partial charge in [0, 0.05) is 6.07 Å². The molecule has 0 aliphatic rings. The number of aromatic nitrogens is 1. The van der Waals surface area contributed by atoms with Crippen molar-refractivity contribution >= 4 is 38.6 Å². The maximum absolute atomic E-state index is 13.5. The van der Waals surface area contributed by atoms with E-state index >= 15 is 0 Å². The summed E-state index contributed by atoms with van der Waals surface area (Å²) >= 11 is 1.29. The second-order valence-corrected chi connectivity index (χ2v) is 6.27. The zero-order valence-electron chi connectivity index (χ0n) is 13.0. The van der Waals surface area contributed by atoms with E-state index in [0.29, 0.717) is 11.2 Å². The number of rotatable bonds is 4. The number of hydrogen-bond donors (Lipinski definition) is 1. The van der Waals surface area contributed by atoms with E-state index in [4.69, 9.17) is 4.74 Å². The molecule has 0 fully saturated rings. The summed E-state index contributed by atoms with van der Waals surface area (Å²) in [4.78, 5) is 27.8. The number of nitrogens with one attached hydrogen (secondary N) is 1. The van der Waals surface area contributed by atoms with Gasteiger partial charge in [0.1, 0.15) is 11.6 Å². The fourth-order valence-electron chi connectivity index (χ4n) is 2.10. The maximum Gasteiger partial charge on any atom is 0.341 e. The van der Waals surface area contributed by atoms with Crippen LogP contribution in [0.3, 0.4) is 0 Å². The lowest BCUT2D eigenvalue weighted by Crippen LogP contribution is -2.21. The first-order chi connectivity index (χ1) is 11.9. The van der Waals surface area contributed by atoms with Gasteiger partial charge >= 0.3 is 5.97 Å². The molecule has 0 saturated carbocycles. The number of ether oxygens (including phenoxy) is 1. The van der Waals surface area contributed by atoms with Crippen LogP contribution in [0.15, 0.2) is 36.4 Å². The lowest BCUT2D eigenvalue weighted by atomic mass is 10.2. The van der Waals surface area contributed by atoms with Gasteiger partial charge in [0.2, 0.25) is 0 Å². The first-order valence-electron chi connectivity index (χ1n) is 7.21. The molecule has 2 aromatic carbocycles. The zero-order valence-corrected chi connectivity index (χ0v) is 13.8. The summed E-state index contributed by atoms with van der Waals surface area (Å²) in [6.07, 6.45) is 0. The van der Waals surface area contributed by atoms with Crippen molar-refractivity contribution in [3.8, 4) is 0 Å². The fraction of sp³-hybridized carbons (Fsp3) is 0.118. The van der Waals surface area contributed by atoms with Gasteiger partial charge in [-0.2, -0.15) is 0 Å². The zero-order chi connectivity index (χ0) is 18.0. The van der Waals surface area contributed by atoms with E-state index in [1.807, 2.05) is 25.1 Å². The molecule has 0 bridgehead atoms. The summed E-state index contributed by atoms with van der Waals surface area (Å²) in [6.45, 7) is 1.34. The molecule has 1 N–H and O–H groups in total. The Balaban J connectivity index is 1.61. The Hall–Kier alpha value is -2.87. The highest BCUT2D eigenvalue weighted by molar-refractivity contribution is 7.22. The van der Waals surface area contributed by atoms with E-state index < -0.39 is 35.7 Å². The third-order valence-corrected chi connectivity index (χ3v) is 4.21. The second-order valence-electron chi connectivity index (χ2n) is 5.24. The standard InChI is InChI=1S/C17H12F2N2O3S/c1-9-2-5-13-14(6-9)25-17(20-13)21-15(22)8-24-16(23)11-4-3-10(18)7-12(11)19/h2-7H,8H2,1H3,(H,20,21,22). The number of carbonyl (C=O) groups excluding carboxylic acids is 2. The van der Waals surface area contributed by atoms with Crippen LogP contribution in [0.4, 0.5) is 13.9 Å². The van der Waals surface area contributed by atoms with E-state index in [9.17, 15) is 18.4 Å². The molecule has 0 spiro atoms. The number of anilines is 1.